The first-order valence-corrected chi connectivity index (χ1v) is 7.15. The van der Waals surface area contributed by atoms with Crippen LogP contribution in [0.15, 0.2) is 46.6 Å². The highest BCUT2D eigenvalue weighted by molar-refractivity contribution is 8.13. The maximum absolute atomic E-state index is 11.7. The van der Waals surface area contributed by atoms with Crippen LogP contribution in [0.4, 0.5) is 0 Å². The molecule has 19 heavy (non-hydrogen) atoms. The Morgan fingerprint density at radius 2 is 2.11 bits per heavy atom. The average molecular weight is 275 g/mol. The number of aliphatic imine (C=N–C) groups is 1. The minimum Gasteiger partial charge on any atom is -0.366 e. The van der Waals surface area contributed by atoms with Crippen molar-refractivity contribution in [2.75, 3.05) is 5.75 Å². The molecule has 100 valence electrons. The maximum Gasteiger partial charge on any atom is 0.248 e. The molecule has 0 saturated heterocycles. The van der Waals surface area contributed by atoms with Crippen molar-refractivity contribution in [3.8, 4) is 0 Å². The number of nitrogens with zero attached hydrogens (tertiary/aromatic N) is 1. The summed E-state index contributed by atoms with van der Waals surface area (Å²) in [6.07, 6.45) is 0. The average Bonchev–Trinajstić information content (AvgIpc) is 2.39. The molecule has 1 atom stereocenters. The zero-order valence-corrected chi connectivity index (χ0v) is 11.8. The number of benzene rings is 1. The SMILES string of the molecule is CCSC1=N[C@H](c2ccccc2)C(C(N)=O)=C(C)N1. The van der Waals surface area contributed by atoms with Gasteiger partial charge < -0.3 is 11.1 Å². The zero-order valence-electron chi connectivity index (χ0n) is 11.0. The molecule has 1 aliphatic rings. The van der Waals surface area contributed by atoms with E-state index in [1.807, 2.05) is 37.3 Å². The van der Waals surface area contributed by atoms with Crippen molar-refractivity contribution in [1.29, 1.82) is 0 Å². The fourth-order valence-corrected chi connectivity index (χ4v) is 2.73. The molecular formula is C14H17N3OS. The number of hydrogen-bond acceptors (Lipinski definition) is 4. The van der Waals surface area contributed by atoms with Crippen molar-refractivity contribution in [2.45, 2.75) is 19.9 Å². The van der Waals surface area contributed by atoms with E-state index in [2.05, 4.69) is 17.2 Å². The van der Waals surface area contributed by atoms with E-state index >= 15 is 0 Å². The van der Waals surface area contributed by atoms with Gasteiger partial charge in [-0.15, -0.1) is 0 Å². The lowest BCUT2D eigenvalue weighted by molar-refractivity contribution is -0.114. The summed E-state index contributed by atoms with van der Waals surface area (Å²) < 4.78 is 0. The van der Waals surface area contributed by atoms with Gasteiger partial charge in [-0.25, -0.2) is 4.99 Å². The number of carbonyl (C=O) groups excluding carboxylic acids is 1. The van der Waals surface area contributed by atoms with E-state index in [0.717, 1.165) is 22.2 Å². The number of carbonyl (C=O) groups is 1. The molecule has 1 heterocycles. The smallest absolute Gasteiger partial charge is 0.248 e. The molecule has 0 bridgehead atoms. The number of nitrogens with two attached hydrogens (primary N) is 1. The van der Waals surface area contributed by atoms with Crippen molar-refractivity contribution in [2.24, 2.45) is 10.7 Å². The number of amidine groups is 1. The van der Waals surface area contributed by atoms with Gasteiger partial charge in [0.15, 0.2) is 5.17 Å². The number of thioether (sulfide) groups is 1. The second-order valence-electron chi connectivity index (χ2n) is 4.21. The normalized spacial score (nSPS) is 18.8. The minimum atomic E-state index is -0.428. The molecule has 4 nitrogen and oxygen atoms in total. The van der Waals surface area contributed by atoms with E-state index in [9.17, 15) is 4.79 Å². The Labute approximate surface area is 117 Å². The Morgan fingerprint density at radius 1 is 1.42 bits per heavy atom. The third-order valence-electron chi connectivity index (χ3n) is 2.88. The van der Waals surface area contributed by atoms with Crippen LogP contribution in [-0.4, -0.2) is 16.8 Å². The molecule has 1 aliphatic heterocycles. The van der Waals surface area contributed by atoms with Gasteiger partial charge in [0.05, 0.1) is 5.57 Å². The molecule has 0 unspecified atom stereocenters. The first-order chi connectivity index (χ1) is 9.13. The fourth-order valence-electron chi connectivity index (χ4n) is 2.05. The highest BCUT2D eigenvalue weighted by atomic mass is 32.2. The molecule has 0 radical (unpaired) electrons. The van der Waals surface area contributed by atoms with Gasteiger partial charge in [0, 0.05) is 5.70 Å². The minimum absolute atomic E-state index is 0.311. The number of rotatable bonds is 3. The molecule has 0 aliphatic carbocycles. The third kappa shape index (κ3) is 2.98. The highest BCUT2D eigenvalue weighted by Crippen LogP contribution is 2.31. The van der Waals surface area contributed by atoms with E-state index in [0.29, 0.717) is 5.57 Å². The quantitative estimate of drug-likeness (QED) is 0.888. The number of amides is 1. The van der Waals surface area contributed by atoms with Crippen LogP contribution in [0.3, 0.4) is 0 Å². The second-order valence-corrected chi connectivity index (χ2v) is 5.46. The summed E-state index contributed by atoms with van der Waals surface area (Å²) >= 11 is 1.62. The van der Waals surface area contributed by atoms with Gasteiger partial charge in [-0.3, -0.25) is 4.79 Å². The Balaban J connectivity index is 2.44. The summed E-state index contributed by atoms with van der Waals surface area (Å²) in [6.45, 7) is 3.93. The molecular weight excluding hydrogens is 258 g/mol. The molecule has 0 saturated carbocycles. The van der Waals surface area contributed by atoms with Gasteiger partial charge in [-0.2, -0.15) is 0 Å². The number of nitrogens with one attached hydrogen (secondary N) is 1. The molecule has 0 spiro atoms. The summed E-state index contributed by atoms with van der Waals surface area (Å²) in [6, 6.07) is 9.43. The third-order valence-corrected chi connectivity index (χ3v) is 3.65. The molecule has 2 rings (SSSR count). The monoisotopic (exact) mass is 275 g/mol. The highest BCUT2D eigenvalue weighted by Gasteiger charge is 2.27. The van der Waals surface area contributed by atoms with E-state index in [4.69, 9.17) is 5.73 Å². The van der Waals surface area contributed by atoms with Crippen molar-refractivity contribution < 1.29 is 4.79 Å². The Hall–Kier alpha value is -1.75. The number of allylic oxidation sites excluding steroid dienone is 1. The number of hydrogen-bond donors (Lipinski definition) is 2. The lowest BCUT2D eigenvalue weighted by Crippen LogP contribution is -2.32. The Bertz CT molecular complexity index is 537. The summed E-state index contributed by atoms with van der Waals surface area (Å²) in [4.78, 5) is 16.3. The van der Waals surface area contributed by atoms with Crippen LogP contribution in [0.1, 0.15) is 25.5 Å². The molecule has 1 aromatic rings. The van der Waals surface area contributed by atoms with Crippen molar-refractivity contribution in [3.05, 3.63) is 47.2 Å². The van der Waals surface area contributed by atoms with Gasteiger partial charge in [0.25, 0.3) is 0 Å². The van der Waals surface area contributed by atoms with Crippen molar-refractivity contribution in [1.82, 2.24) is 5.32 Å². The molecule has 1 aromatic carbocycles. The topological polar surface area (TPSA) is 67.5 Å². The van der Waals surface area contributed by atoms with Crippen LogP contribution >= 0.6 is 11.8 Å². The lowest BCUT2D eigenvalue weighted by atomic mass is 9.96. The first kappa shape index (κ1) is 13.7. The summed E-state index contributed by atoms with van der Waals surface area (Å²) in [5.41, 5.74) is 7.79. The standard InChI is InChI=1S/C14H17N3OS/c1-3-19-14-16-9(2)11(13(15)18)12(17-14)10-7-5-4-6-8-10/h4-8,12H,3H2,1-2H3,(H2,15,18)(H,16,17)/t12-/m1/s1. The van der Waals surface area contributed by atoms with Crippen LogP contribution in [0.2, 0.25) is 0 Å². The lowest BCUT2D eigenvalue weighted by Gasteiger charge is -2.25. The Kier molecular flexibility index (Phi) is 4.27. The van der Waals surface area contributed by atoms with Gasteiger partial charge in [0.2, 0.25) is 5.91 Å². The van der Waals surface area contributed by atoms with Gasteiger partial charge in [-0.05, 0) is 18.2 Å². The Morgan fingerprint density at radius 3 is 2.68 bits per heavy atom. The molecule has 1 amide bonds. The molecule has 0 fully saturated rings. The summed E-state index contributed by atoms with van der Waals surface area (Å²) in [5, 5.41) is 3.97. The number of primary amides is 1. The van der Waals surface area contributed by atoms with Crippen LogP contribution in [0.5, 0.6) is 0 Å². The van der Waals surface area contributed by atoms with Crippen LogP contribution in [0, 0.1) is 0 Å². The van der Waals surface area contributed by atoms with Crippen molar-refractivity contribution in [3.63, 3.8) is 0 Å². The van der Waals surface area contributed by atoms with Crippen LogP contribution in [0.25, 0.3) is 0 Å². The second kappa shape index (κ2) is 5.93. The van der Waals surface area contributed by atoms with E-state index in [1.165, 1.54) is 0 Å². The molecule has 3 N–H and O–H groups in total. The molecule has 0 aromatic heterocycles. The fraction of sp³-hybridized carbons (Fsp3) is 0.286. The van der Waals surface area contributed by atoms with E-state index < -0.39 is 5.91 Å². The summed E-state index contributed by atoms with van der Waals surface area (Å²) in [7, 11) is 0. The van der Waals surface area contributed by atoms with E-state index in [1.54, 1.807) is 11.8 Å². The zero-order chi connectivity index (χ0) is 13.8. The van der Waals surface area contributed by atoms with Gasteiger partial charge in [0.1, 0.15) is 6.04 Å². The van der Waals surface area contributed by atoms with Crippen LogP contribution < -0.4 is 11.1 Å². The van der Waals surface area contributed by atoms with Gasteiger partial charge >= 0.3 is 0 Å². The van der Waals surface area contributed by atoms with E-state index in [-0.39, 0.29) is 6.04 Å². The summed E-state index contributed by atoms with van der Waals surface area (Å²) in [5.74, 6) is 0.496. The predicted molar refractivity (Wildman–Crippen MR) is 79.8 cm³/mol. The van der Waals surface area contributed by atoms with Crippen LogP contribution in [-0.2, 0) is 4.79 Å². The largest absolute Gasteiger partial charge is 0.366 e. The van der Waals surface area contributed by atoms with Gasteiger partial charge in [-0.1, -0.05) is 49.0 Å². The predicted octanol–water partition coefficient (Wildman–Crippen LogP) is 2.20. The maximum atomic E-state index is 11.7. The molecule has 5 heteroatoms. The first-order valence-electron chi connectivity index (χ1n) is 6.16. The van der Waals surface area contributed by atoms with Crippen molar-refractivity contribution >= 4 is 22.8 Å².